The maximum Gasteiger partial charge on any atom is 0.244 e. The molecule has 1 aromatic heterocycles. The maximum absolute atomic E-state index is 12.2. The molecule has 18 heavy (non-hydrogen) atoms. The molecule has 0 aliphatic carbocycles. The van der Waals surface area contributed by atoms with Gasteiger partial charge in [0.1, 0.15) is 10.0 Å². The molecular weight excluding hydrogens is 278 g/mol. The molecule has 1 unspecified atom stereocenters. The van der Waals surface area contributed by atoms with Crippen molar-refractivity contribution in [3.8, 4) is 0 Å². The summed E-state index contributed by atoms with van der Waals surface area (Å²) in [6, 6.07) is 2.80. The van der Waals surface area contributed by atoms with Crippen LogP contribution in [0.1, 0.15) is 6.42 Å². The summed E-state index contributed by atoms with van der Waals surface area (Å²) in [5.41, 5.74) is 5.17. The van der Waals surface area contributed by atoms with Crippen molar-refractivity contribution >= 4 is 27.5 Å². The number of primary amides is 1. The molecule has 2 heterocycles. The van der Waals surface area contributed by atoms with E-state index in [2.05, 4.69) is 4.98 Å². The average Bonchev–Trinajstić information content (AvgIpc) is 2.79. The minimum Gasteiger partial charge on any atom is -0.369 e. The Morgan fingerprint density at radius 2 is 2.22 bits per heavy atom. The number of nitrogens with zero attached hydrogens (tertiary/aromatic N) is 2. The summed E-state index contributed by atoms with van der Waals surface area (Å²) in [6.45, 7) is 0.416. The van der Waals surface area contributed by atoms with E-state index >= 15 is 0 Å². The summed E-state index contributed by atoms with van der Waals surface area (Å²) in [5, 5.41) is 0.227. The van der Waals surface area contributed by atoms with Crippen molar-refractivity contribution in [2.45, 2.75) is 11.3 Å². The van der Waals surface area contributed by atoms with Crippen LogP contribution in [0, 0.1) is 5.92 Å². The number of carbonyl (C=O) groups excluding carboxylic acids is 1. The number of nitrogens with two attached hydrogens (primary N) is 1. The normalized spacial score (nSPS) is 21.1. The Balaban J connectivity index is 2.22. The fourth-order valence-corrected chi connectivity index (χ4v) is 3.40. The lowest BCUT2D eigenvalue weighted by molar-refractivity contribution is -0.121. The molecule has 2 N–H and O–H groups in total. The van der Waals surface area contributed by atoms with Crippen LogP contribution in [0.25, 0.3) is 0 Å². The molecule has 1 saturated heterocycles. The molecule has 98 valence electrons. The van der Waals surface area contributed by atoms with E-state index < -0.39 is 21.8 Å². The van der Waals surface area contributed by atoms with E-state index in [9.17, 15) is 13.2 Å². The Morgan fingerprint density at radius 3 is 2.72 bits per heavy atom. The molecule has 0 radical (unpaired) electrons. The molecule has 1 atom stereocenters. The molecule has 8 heteroatoms. The van der Waals surface area contributed by atoms with E-state index in [0.717, 1.165) is 0 Å². The molecule has 1 amide bonds. The summed E-state index contributed by atoms with van der Waals surface area (Å²) < 4.78 is 25.7. The van der Waals surface area contributed by atoms with Gasteiger partial charge in [-0.25, -0.2) is 13.4 Å². The number of sulfonamides is 1. The third-order valence-electron chi connectivity index (χ3n) is 2.89. The van der Waals surface area contributed by atoms with Gasteiger partial charge in [-0.15, -0.1) is 0 Å². The standard InChI is InChI=1S/C10H12ClN3O3S/c11-9-2-1-8(5-13-9)18(16,17)14-4-3-7(6-14)10(12)15/h1-2,5,7H,3-4,6H2,(H2,12,15). The fourth-order valence-electron chi connectivity index (χ4n) is 1.84. The van der Waals surface area contributed by atoms with Crippen molar-refractivity contribution in [1.29, 1.82) is 0 Å². The molecule has 1 aliphatic heterocycles. The summed E-state index contributed by atoms with van der Waals surface area (Å²) in [4.78, 5) is 14.8. The van der Waals surface area contributed by atoms with Gasteiger partial charge in [-0.1, -0.05) is 11.6 Å². The second-order valence-corrected chi connectivity index (χ2v) is 6.39. The van der Waals surface area contributed by atoms with Crippen LogP contribution in [0.15, 0.2) is 23.2 Å². The van der Waals surface area contributed by atoms with Crippen molar-refractivity contribution in [3.63, 3.8) is 0 Å². The Morgan fingerprint density at radius 1 is 1.50 bits per heavy atom. The lowest BCUT2D eigenvalue weighted by Gasteiger charge is -2.15. The van der Waals surface area contributed by atoms with Gasteiger partial charge in [0, 0.05) is 19.3 Å². The quantitative estimate of drug-likeness (QED) is 0.806. The van der Waals surface area contributed by atoms with Crippen molar-refractivity contribution in [2.75, 3.05) is 13.1 Å². The lowest BCUT2D eigenvalue weighted by atomic mass is 10.1. The predicted molar refractivity (Wildman–Crippen MR) is 65.3 cm³/mol. The molecule has 1 aliphatic rings. The molecule has 0 aromatic carbocycles. The lowest BCUT2D eigenvalue weighted by Crippen LogP contribution is -2.31. The van der Waals surface area contributed by atoms with Gasteiger partial charge in [-0.2, -0.15) is 4.31 Å². The highest BCUT2D eigenvalue weighted by molar-refractivity contribution is 7.89. The highest BCUT2D eigenvalue weighted by Crippen LogP contribution is 2.24. The molecule has 0 saturated carbocycles. The van der Waals surface area contributed by atoms with Crippen molar-refractivity contribution < 1.29 is 13.2 Å². The Bertz CT molecular complexity index is 558. The van der Waals surface area contributed by atoms with Crippen LogP contribution in [0.2, 0.25) is 5.15 Å². The number of hydrogen-bond acceptors (Lipinski definition) is 4. The van der Waals surface area contributed by atoms with Crippen LogP contribution < -0.4 is 5.73 Å². The van der Waals surface area contributed by atoms with Crippen molar-refractivity contribution in [3.05, 3.63) is 23.5 Å². The zero-order chi connectivity index (χ0) is 13.3. The van der Waals surface area contributed by atoms with Gasteiger partial charge in [-0.05, 0) is 18.6 Å². The molecular formula is C10H12ClN3O3S. The fraction of sp³-hybridized carbons (Fsp3) is 0.400. The average molecular weight is 290 g/mol. The van der Waals surface area contributed by atoms with Gasteiger partial charge < -0.3 is 5.73 Å². The van der Waals surface area contributed by atoms with E-state index in [4.69, 9.17) is 17.3 Å². The number of hydrogen-bond donors (Lipinski definition) is 1. The number of halogens is 1. The van der Waals surface area contributed by atoms with E-state index in [-0.39, 0.29) is 16.6 Å². The minimum atomic E-state index is -3.62. The molecule has 1 aromatic rings. The highest BCUT2D eigenvalue weighted by Gasteiger charge is 2.34. The van der Waals surface area contributed by atoms with Crippen LogP contribution in [-0.2, 0) is 14.8 Å². The van der Waals surface area contributed by atoms with E-state index in [1.54, 1.807) is 0 Å². The second-order valence-electron chi connectivity index (χ2n) is 4.07. The number of amides is 1. The number of rotatable bonds is 3. The molecule has 0 spiro atoms. The Kier molecular flexibility index (Phi) is 3.56. The third kappa shape index (κ3) is 2.47. The van der Waals surface area contributed by atoms with Crippen LogP contribution in [0.3, 0.4) is 0 Å². The highest BCUT2D eigenvalue weighted by atomic mass is 35.5. The third-order valence-corrected chi connectivity index (χ3v) is 4.96. The monoisotopic (exact) mass is 289 g/mol. The molecule has 2 rings (SSSR count). The van der Waals surface area contributed by atoms with Gasteiger partial charge >= 0.3 is 0 Å². The van der Waals surface area contributed by atoms with Crippen LogP contribution in [0.4, 0.5) is 0 Å². The Labute approximate surface area is 110 Å². The van der Waals surface area contributed by atoms with Gasteiger partial charge in [-0.3, -0.25) is 4.79 Å². The van der Waals surface area contributed by atoms with E-state index in [1.807, 2.05) is 0 Å². The van der Waals surface area contributed by atoms with Gasteiger partial charge in [0.05, 0.1) is 5.92 Å². The van der Waals surface area contributed by atoms with Crippen LogP contribution in [0.5, 0.6) is 0 Å². The van der Waals surface area contributed by atoms with Crippen LogP contribution >= 0.6 is 11.6 Å². The zero-order valence-corrected chi connectivity index (χ0v) is 11.0. The minimum absolute atomic E-state index is 0.0667. The molecule has 6 nitrogen and oxygen atoms in total. The zero-order valence-electron chi connectivity index (χ0n) is 9.41. The second kappa shape index (κ2) is 4.83. The smallest absolute Gasteiger partial charge is 0.244 e. The SMILES string of the molecule is NC(=O)C1CCN(S(=O)(=O)c2ccc(Cl)nc2)C1. The van der Waals surface area contributed by atoms with Gasteiger partial charge in [0.25, 0.3) is 0 Å². The summed E-state index contributed by atoms with van der Waals surface area (Å²) in [7, 11) is -3.62. The maximum atomic E-state index is 12.2. The van der Waals surface area contributed by atoms with E-state index in [0.29, 0.717) is 13.0 Å². The number of carbonyl (C=O) groups is 1. The Hall–Kier alpha value is -1.18. The first-order valence-corrected chi connectivity index (χ1v) is 7.14. The van der Waals surface area contributed by atoms with Crippen molar-refractivity contribution in [1.82, 2.24) is 9.29 Å². The molecule has 1 fully saturated rings. The first kappa shape index (κ1) is 13.3. The largest absolute Gasteiger partial charge is 0.369 e. The number of aromatic nitrogens is 1. The first-order valence-electron chi connectivity index (χ1n) is 5.32. The number of pyridine rings is 1. The molecule has 0 bridgehead atoms. The summed E-state index contributed by atoms with van der Waals surface area (Å²) >= 11 is 5.61. The predicted octanol–water partition coefficient (Wildman–Crippen LogP) is 0.231. The topological polar surface area (TPSA) is 93.4 Å². The summed E-state index contributed by atoms with van der Waals surface area (Å²) in [5.74, 6) is -0.887. The van der Waals surface area contributed by atoms with Gasteiger partial charge in [0.2, 0.25) is 15.9 Å². The summed E-state index contributed by atoms with van der Waals surface area (Å²) in [6.07, 6.45) is 1.66. The van der Waals surface area contributed by atoms with Crippen LogP contribution in [-0.4, -0.2) is 36.7 Å². The van der Waals surface area contributed by atoms with E-state index in [1.165, 1.54) is 22.6 Å². The first-order chi connectivity index (χ1) is 8.41. The van der Waals surface area contributed by atoms with Gasteiger partial charge in [0.15, 0.2) is 0 Å². The van der Waals surface area contributed by atoms with Crippen molar-refractivity contribution in [2.24, 2.45) is 11.7 Å².